The van der Waals surface area contributed by atoms with Crippen molar-refractivity contribution in [3.05, 3.63) is 164 Å². The number of amides is 3. The summed E-state index contributed by atoms with van der Waals surface area (Å²) in [4.78, 5) is 80.5. The molecular weight excluding hydrogens is 1030 g/mol. The number of carbonyl (C=O) groups is 5. The van der Waals surface area contributed by atoms with E-state index in [1.54, 1.807) is 76.7 Å². The average molecular weight is 1090 g/mol. The molecule has 0 saturated heterocycles. The van der Waals surface area contributed by atoms with Gasteiger partial charge < -0.3 is 25.8 Å². The van der Waals surface area contributed by atoms with E-state index in [9.17, 15) is 29.1 Å². The molecule has 0 fully saturated rings. The third-order valence-corrected chi connectivity index (χ3v) is 11.7. The number of ether oxygens (including phenoxy) is 1. The van der Waals surface area contributed by atoms with Crippen LogP contribution in [-0.2, 0) is 42.8 Å². The summed E-state index contributed by atoms with van der Waals surface area (Å²) in [5, 5.41) is 17.8. The Morgan fingerprint density at radius 3 is 1.23 bits per heavy atom. The number of carbonyl (C=O) groups excluding carboxylic acids is 4. The van der Waals surface area contributed by atoms with Crippen LogP contribution in [0.2, 0.25) is 0 Å². The summed E-state index contributed by atoms with van der Waals surface area (Å²) in [5.41, 5.74) is 5.55. The Bertz CT molecular complexity index is 2770. The minimum Gasteiger partial charge on any atom is -0.480 e. The van der Waals surface area contributed by atoms with Crippen molar-refractivity contribution < 1.29 is 33.8 Å². The highest BCUT2D eigenvalue weighted by Crippen LogP contribution is 2.24. The highest BCUT2D eigenvalue weighted by Gasteiger charge is 2.29. The zero-order chi connectivity index (χ0) is 52.3. The number of hydrogen-bond donors (Lipinski definition) is 4. The molecule has 0 aliphatic carbocycles. The van der Waals surface area contributed by atoms with Crippen molar-refractivity contribution in [2.75, 3.05) is 0 Å². The smallest absolute Gasteiger partial charge is 0.328 e. The van der Waals surface area contributed by atoms with Crippen molar-refractivity contribution in [3.63, 3.8) is 0 Å². The van der Waals surface area contributed by atoms with Gasteiger partial charge in [-0.15, -0.1) is 0 Å². The molecule has 6 aromatic rings. The van der Waals surface area contributed by atoms with Crippen LogP contribution in [0.3, 0.4) is 0 Å². The molecule has 4 aromatic carbocycles. The molecule has 0 aliphatic heterocycles. The number of aromatic nitrogens is 4. The lowest BCUT2D eigenvalue weighted by Gasteiger charge is -2.25. The Morgan fingerprint density at radius 2 is 0.887 bits per heavy atom. The number of hydrogen-bond acceptors (Lipinski definition) is 10. The second-order valence-corrected chi connectivity index (χ2v) is 21.9. The number of aliphatic carboxylic acids is 1. The van der Waals surface area contributed by atoms with Crippen molar-refractivity contribution in [1.29, 1.82) is 0 Å². The van der Waals surface area contributed by atoms with Gasteiger partial charge in [-0.05, 0) is 117 Å². The van der Waals surface area contributed by atoms with Gasteiger partial charge in [0.15, 0.2) is 11.6 Å². The van der Waals surface area contributed by atoms with Crippen molar-refractivity contribution >= 4 is 61.5 Å². The maximum atomic E-state index is 13.3. The number of rotatable bonds is 14. The first-order valence-electron chi connectivity index (χ1n) is 23.0. The summed E-state index contributed by atoms with van der Waals surface area (Å²) >= 11 is 6.64. The summed E-state index contributed by atoms with van der Waals surface area (Å²) in [7, 11) is 0. The van der Waals surface area contributed by atoms with E-state index in [-0.39, 0.29) is 29.6 Å². The van der Waals surface area contributed by atoms with Crippen LogP contribution in [0.1, 0.15) is 112 Å². The Morgan fingerprint density at radius 1 is 0.535 bits per heavy atom. The first-order chi connectivity index (χ1) is 33.2. The van der Waals surface area contributed by atoms with Gasteiger partial charge in [-0.1, -0.05) is 114 Å². The fourth-order valence-corrected chi connectivity index (χ4v) is 7.28. The first-order valence-corrected chi connectivity index (χ1v) is 24.6. The minimum absolute atomic E-state index is 0.0218. The van der Waals surface area contributed by atoms with E-state index in [0.29, 0.717) is 22.8 Å². The topological polar surface area (TPSA) is 202 Å². The van der Waals surface area contributed by atoms with Gasteiger partial charge in [0.1, 0.15) is 23.7 Å². The molecule has 14 nitrogen and oxygen atoms in total. The lowest BCUT2D eigenvalue weighted by atomic mass is 9.86. The molecule has 2 heterocycles. The predicted octanol–water partition coefficient (Wildman–Crippen LogP) is 10.0. The Hall–Kier alpha value is -6.65. The Labute approximate surface area is 432 Å². The molecule has 3 atom stereocenters. The molecule has 0 spiro atoms. The van der Waals surface area contributed by atoms with Gasteiger partial charge in [0, 0.05) is 59.9 Å². The summed E-state index contributed by atoms with van der Waals surface area (Å²) in [6, 6.07) is 26.5. The Balaban J connectivity index is 0.000000272. The highest BCUT2D eigenvalue weighted by atomic mass is 79.9. The molecule has 16 heteroatoms. The van der Waals surface area contributed by atoms with Gasteiger partial charge in [0.25, 0.3) is 11.8 Å². The van der Waals surface area contributed by atoms with E-state index in [0.717, 1.165) is 42.3 Å². The second-order valence-electron chi connectivity index (χ2n) is 20.1. The molecule has 2 aromatic heterocycles. The zero-order valence-corrected chi connectivity index (χ0v) is 44.8. The third kappa shape index (κ3) is 17.0. The molecule has 0 radical (unpaired) electrons. The number of nitrogens with zero attached hydrogens (tertiary/aromatic N) is 4. The molecule has 4 N–H and O–H groups in total. The first kappa shape index (κ1) is 55.3. The quantitative estimate of drug-likeness (QED) is 0.0756. The molecular formula is C55H61Br2N7O7. The van der Waals surface area contributed by atoms with Gasteiger partial charge in [-0.3, -0.25) is 14.4 Å². The van der Waals surface area contributed by atoms with Crippen LogP contribution in [0.4, 0.5) is 0 Å². The van der Waals surface area contributed by atoms with Crippen LogP contribution in [0.15, 0.2) is 131 Å². The summed E-state index contributed by atoms with van der Waals surface area (Å²) < 4.78 is 6.97. The van der Waals surface area contributed by atoms with Gasteiger partial charge in [-0.25, -0.2) is 29.5 Å². The molecule has 0 saturated carbocycles. The van der Waals surface area contributed by atoms with Crippen molar-refractivity contribution in [2.24, 2.45) is 0 Å². The summed E-state index contributed by atoms with van der Waals surface area (Å²) in [5.74, 6) is -1.77. The molecule has 3 amide bonds. The maximum Gasteiger partial charge on any atom is 0.328 e. The number of nitrogens with one attached hydrogen (secondary N) is 3. The van der Waals surface area contributed by atoms with Gasteiger partial charge in [0.2, 0.25) is 5.91 Å². The normalized spacial score (nSPS) is 12.8. The van der Waals surface area contributed by atoms with Crippen LogP contribution < -0.4 is 16.0 Å². The van der Waals surface area contributed by atoms with Crippen LogP contribution in [0, 0.1) is 0 Å². The second kappa shape index (κ2) is 24.0. The number of carboxylic acids is 1. The van der Waals surface area contributed by atoms with E-state index in [1.807, 2.05) is 72.8 Å². The number of esters is 1. The lowest BCUT2D eigenvalue weighted by Crippen LogP contribution is -2.52. The van der Waals surface area contributed by atoms with E-state index in [2.05, 4.69) is 109 Å². The van der Waals surface area contributed by atoms with Crippen molar-refractivity contribution in [3.8, 4) is 22.8 Å². The van der Waals surface area contributed by atoms with Crippen LogP contribution >= 0.6 is 31.9 Å². The standard InChI is InChI=1S/C31H37BrN4O4.C24H24BrN3O3/c1-19(29(39)40-31(5,6)7)35-28(38)25(36-27(37)22-12-14-23(15-13-22)30(2,3)4)16-20-8-10-21(11-9-20)26-33-17-24(32)18-34-26;1-24(2,3)18-10-8-17(9-11-18)22(29)28-20(23(30)31)12-15-4-6-16(7-5-15)21-26-13-19(25)14-27-21/h8-15,17-19,25H,16H2,1-7H3,(H,35,38)(H,36,37);4-11,13-14,20H,12H2,1-3H3,(H,28,29)(H,30,31)/t19-,25+;20-/m10/s1. The van der Waals surface area contributed by atoms with Gasteiger partial charge in [-0.2, -0.15) is 0 Å². The van der Waals surface area contributed by atoms with Crippen LogP contribution in [0.25, 0.3) is 22.8 Å². The van der Waals surface area contributed by atoms with E-state index in [1.165, 1.54) is 0 Å². The fourth-order valence-electron chi connectivity index (χ4n) is 6.87. The number of carboxylic acid groups (broad SMARTS) is 1. The summed E-state index contributed by atoms with van der Waals surface area (Å²) in [6.07, 6.45) is 7.06. The zero-order valence-electron chi connectivity index (χ0n) is 41.6. The molecule has 372 valence electrons. The van der Waals surface area contributed by atoms with Crippen LogP contribution in [-0.4, -0.2) is 78.4 Å². The average Bonchev–Trinajstić information content (AvgIpc) is 3.31. The van der Waals surface area contributed by atoms with E-state index < -0.39 is 47.5 Å². The number of halogens is 2. The van der Waals surface area contributed by atoms with Crippen molar-refractivity contribution in [1.82, 2.24) is 35.9 Å². The minimum atomic E-state index is -1.08. The molecule has 0 aliphatic rings. The predicted molar refractivity (Wildman–Crippen MR) is 282 cm³/mol. The van der Waals surface area contributed by atoms with Crippen LogP contribution in [0.5, 0.6) is 0 Å². The third-order valence-electron chi connectivity index (χ3n) is 10.9. The number of benzene rings is 4. The highest BCUT2D eigenvalue weighted by molar-refractivity contribution is 9.10. The lowest BCUT2D eigenvalue weighted by molar-refractivity contribution is -0.158. The Kier molecular flexibility index (Phi) is 18.7. The van der Waals surface area contributed by atoms with Gasteiger partial charge >= 0.3 is 11.9 Å². The molecule has 6 rings (SSSR count). The molecule has 0 unspecified atom stereocenters. The SMILES string of the molecule is CC(C)(C)c1ccc(C(=O)N[C@@H](Cc2ccc(-c3ncc(Br)cn3)cc2)C(=O)O)cc1.C[C@@H](NC(=O)[C@H](Cc1ccc(-c2ncc(Br)cn2)cc1)NC(=O)c1ccc(C(C)(C)C)cc1)C(=O)OC(C)(C)C. The summed E-state index contributed by atoms with van der Waals surface area (Å²) in [6.45, 7) is 19.4. The maximum absolute atomic E-state index is 13.3. The molecule has 0 bridgehead atoms. The van der Waals surface area contributed by atoms with E-state index in [4.69, 9.17) is 4.74 Å². The van der Waals surface area contributed by atoms with Crippen molar-refractivity contribution in [2.45, 2.75) is 117 Å². The van der Waals surface area contributed by atoms with E-state index >= 15 is 0 Å². The fraction of sp³-hybridized carbons (Fsp3) is 0.327. The molecule has 71 heavy (non-hydrogen) atoms. The largest absolute Gasteiger partial charge is 0.480 e. The van der Waals surface area contributed by atoms with Gasteiger partial charge in [0.05, 0.1) is 8.95 Å². The monoisotopic (exact) mass is 1090 g/mol.